The van der Waals surface area contributed by atoms with Crippen LogP contribution in [0.4, 0.5) is 0 Å². The van der Waals surface area contributed by atoms with Crippen molar-refractivity contribution < 1.29 is 4.74 Å². The number of nitrogens with zero attached hydrogens (tertiary/aromatic N) is 2. The topological polar surface area (TPSA) is 34.5 Å². The van der Waals surface area contributed by atoms with Gasteiger partial charge in [0.1, 0.15) is 6.73 Å². The lowest BCUT2D eigenvalue weighted by Crippen LogP contribution is -1.92. The molecule has 0 saturated heterocycles. The Morgan fingerprint density at radius 2 is 2.58 bits per heavy atom. The molecule has 0 saturated carbocycles. The highest BCUT2D eigenvalue weighted by atomic mass is 32.1. The van der Waals surface area contributed by atoms with Gasteiger partial charge in [0.2, 0.25) is 0 Å². The molecule has 12 heavy (non-hydrogen) atoms. The van der Waals surface area contributed by atoms with E-state index in [9.17, 15) is 0 Å². The van der Waals surface area contributed by atoms with Gasteiger partial charge in [0.05, 0.1) is 11.8 Å². The van der Waals surface area contributed by atoms with Crippen LogP contribution in [0.1, 0.15) is 5.56 Å². The van der Waals surface area contributed by atoms with Gasteiger partial charge in [-0.3, -0.25) is 4.98 Å². The van der Waals surface area contributed by atoms with Gasteiger partial charge in [0, 0.05) is 12.4 Å². The third-order valence-electron chi connectivity index (χ3n) is 1.21. The van der Waals surface area contributed by atoms with Crippen molar-refractivity contribution in [3.8, 4) is 0 Å². The average Bonchev–Trinajstić information content (AvgIpc) is 2.14. The first kappa shape index (κ1) is 9.00. The molecule has 0 unspecified atom stereocenters. The summed E-state index contributed by atoms with van der Waals surface area (Å²) in [5.41, 5.74) is 1.03. The van der Waals surface area contributed by atoms with Crippen LogP contribution >= 0.6 is 12.2 Å². The highest BCUT2D eigenvalue weighted by Gasteiger charge is 1.89. The van der Waals surface area contributed by atoms with Crippen LogP contribution in [0.2, 0.25) is 0 Å². The van der Waals surface area contributed by atoms with E-state index in [1.165, 1.54) is 0 Å². The zero-order chi connectivity index (χ0) is 8.65. The molecule has 1 aromatic rings. The van der Waals surface area contributed by atoms with Gasteiger partial charge in [-0.05, 0) is 23.8 Å². The van der Waals surface area contributed by atoms with E-state index in [4.69, 9.17) is 4.74 Å². The molecule has 0 N–H and O–H groups in total. The molecule has 0 aliphatic carbocycles. The Morgan fingerprint density at radius 1 is 1.67 bits per heavy atom. The maximum atomic E-state index is 5.12. The molecule has 0 aliphatic rings. The summed E-state index contributed by atoms with van der Waals surface area (Å²) in [7, 11) is 0. The largest absolute Gasteiger partial charge is 0.354 e. The molecule has 0 fully saturated rings. The van der Waals surface area contributed by atoms with Crippen LogP contribution in [0.15, 0.2) is 29.5 Å². The smallest absolute Gasteiger partial charge is 0.148 e. The first-order valence-electron chi connectivity index (χ1n) is 3.44. The number of thiocarbonyl (C=S) groups is 1. The quantitative estimate of drug-likeness (QED) is 0.401. The molecule has 0 aromatic carbocycles. The maximum absolute atomic E-state index is 5.12. The molecular weight excluding hydrogens is 172 g/mol. The molecule has 0 amide bonds. The number of ether oxygens (including phenoxy) is 1. The van der Waals surface area contributed by atoms with E-state index < -0.39 is 0 Å². The van der Waals surface area contributed by atoms with Gasteiger partial charge in [-0.15, -0.1) is 0 Å². The van der Waals surface area contributed by atoms with Crippen LogP contribution in [0.5, 0.6) is 0 Å². The van der Waals surface area contributed by atoms with Gasteiger partial charge >= 0.3 is 0 Å². The Labute approximate surface area is 76.1 Å². The fourth-order valence-corrected chi connectivity index (χ4v) is 0.772. The Kier molecular flexibility index (Phi) is 4.16. The zero-order valence-corrected chi connectivity index (χ0v) is 7.25. The molecule has 0 bridgehead atoms. The molecule has 62 valence electrons. The van der Waals surface area contributed by atoms with Crippen molar-refractivity contribution in [3.63, 3.8) is 0 Å². The number of isothiocyanates is 1. The van der Waals surface area contributed by atoms with Crippen molar-refractivity contribution in [2.75, 3.05) is 6.73 Å². The van der Waals surface area contributed by atoms with Crippen molar-refractivity contribution in [1.29, 1.82) is 0 Å². The molecule has 1 aromatic heterocycles. The van der Waals surface area contributed by atoms with E-state index in [0.29, 0.717) is 6.61 Å². The average molecular weight is 180 g/mol. The molecule has 1 rings (SSSR count). The van der Waals surface area contributed by atoms with E-state index in [1.807, 2.05) is 12.1 Å². The first-order chi connectivity index (χ1) is 5.93. The van der Waals surface area contributed by atoms with Gasteiger partial charge in [0.25, 0.3) is 0 Å². The number of hydrogen-bond acceptors (Lipinski definition) is 4. The van der Waals surface area contributed by atoms with E-state index >= 15 is 0 Å². The second kappa shape index (κ2) is 5.55. The predicted molar refractivity (Wildman–Crippen MR) is 48.9 cm³/mol. The lowest BCUT2D eigenvalue weighted by molar-refractivity contribution is 0.129. The minimum absolute atomic E-state index is 0.262. The van der Waals surface area contributed by atoms with E-state index in [1.54, 1.807) is 12.4 Å². The Bertz CT molecular complexity index is 270. The number of rotatable bonds is 4. The van der Waals surface area contributed by atoms with Crippen molar-refractivity contribution in [2.24, 2.45) is 4.99 Å². The summed E-state index contributed by atoms with van der Waals surface area (Å²) in [6.45, 7) is 0.771. The van der Waals surface area contributed by atoms with Gasteiger partial charge in [0.15, 0.2) is 0 Å². The summed E-state index contributed by atoms with van der Waals surface area (Å²) in [6, 6.07) is 3.80. The van der Waals surface area contributed by atoms with Crippen LogP contribution in [-0.2, 0) is 11.3 Å². The van der Waals surface area contributed by atoms with Crippen LogP contribution in [0.3, 0.4) is 0 Å². The lowest BCUT2D eigenvalue weighted by Gasteiger charge is -1.98. The van der Waals surface area contributed by atoms with E-state index in [0.717, 1.165) is 5.56 Å². The van der Waals surface area contributed by atoms with Crippen molar-refractivity contribution in [3.05, 3.63) is 30.1 Å². The van der Waals surface area contributed by atoms with Crippen LogP contribution < -0.4 is 0 Å². The molecule has 0 atom stereocenters. The third-order valence-corrected chi connectivity index (χ3v) is 1.34. The lowest BCUT2D eigenvalue weighted by atomic mass is 10.3. The minimum atomic E-state index is 0.262. The highest BCUT2D eigenvalue weighted by molar-refractivity contribution is 7.78. The summed E-state index contributed by atoms with van der Waals surface area (Å²) in [5.74, 6) is 0. The molecule has 0 aliphatic heterocycles. The van der Waals surface area contributed by atoms with Crippen LogP contribution in [-0.4, -0.2) is 16.9 Å². The fraction of sp³-hybridized carbons (Fsp3) is 0.250. The number of aromatic nitrogens is 1. The fourth-order valence-electron chi connectivity index (χ4n) is 0.719. The number of aliphatic imine (C=N–C) groups is 1. The van der Waals surface area contributed by atoms with E-state index in [-0.39, 0.29) is 6.73 Å². The summed E-state index contributed by atoms with van der Waals surface area (Å²) in [4.78, 5) is 7.55. The Morgan fingerprint density at radius 3 is 3.25 bits per heavy atom. The third kappa shape index (κ3) is 3.34. The molecule has 4 heteroatoms. The SMILES string of the molecule is S=C=NCOCc1cccnc1. The molecule has 1 heterocycles. The molecule has 0 spiro atoms. The summed E-state index contributed by atoms with van der Waals surface area (Å²) in [6.07, 6.45) is 3.47. The predicted octanol–water partition coefficient (Wildman–Crippen LogP) is 1.66. The molecule has 0 radical (unpaired) electrons. The number of pyridine rings is 1. The van der Waals surface area contributed by atoms with E-state index in [2.05, 4.69) is 27.4 Å². The molecule has 3 nitrogen and oxygen atoms in total. The minimum Gasteiger partial charge on any atom is -0.354 e. The van der Waals surface area contributed by atoms with Crippen molar-refractivity contribution in [2.45, 2.75) is 6.61 Å². The highest BCUT2D eigenvalue weighted by Crippen LogP contribution is 1.97. The first-order valence-corrected chi connectivity index (χ1v) is 3.84. The Hall–Kier alpha value is -1.09. The number of hydrogen-bond donors (Lipinski definition) is 0. The zero-order valence-electron chi connectivity index (χ0n) is 6.43. The second-order valence-electron chi connectivity index (χ2n) is 2.09. The standard InChI is InChI=1S/C8H8N2OS/c12-7-10-6-11-5-8-2-1-3-9-4-8/h1-4H,5-6H2. The van der Waals surface area contributed by atoms with Crippen molar-refractivity contribution in [1.82, 2.24) is 4.98 Å². The van der Waals surface area contributed by atoms with Crippen LogP contribution in [0.25, 0.3) is 0 Å². The van der Waals surface area contributed by atoms with Crippen LogP contribution in [0, 0.1) is 0 Å². The summed E-state index contributed by atoms with van der Waals surface area (Å²) >= 11 is 4.37. The normalized spacial score (nSPS) is 9.00. The van der Waals surface area contributed by atoms with Gasteiger partial charge in [-0.1, -0.05) is 6.07 Å². The van der Waals surface area contributed by atoms with Crippen molar-refractivity contribution >= 4 is 17.4 Å². The molecular formula is C8H8N2OS. The summed E-state index contributed by atoms with van der Waals surface area (Å²) in [5, 5.41) is 2.22. The second-order valence-corrected chi connectivity index (χ2v) is 2.27. The maximum Gasteiger partial charge on any atom is 0.148 e. The van der Waals surface area contributed by atoms with Gasteiger partial charge < -0.3 is 4.74 Å². The summed E-state index contributed by atoms with van der Waals surface area (Å²) < 4.78 is 5.12. The Balaban J connectivity index is 2.29. The van der Waals surface area contributed by atoms with Gasteiger partial charge in [-0.25, -0.2) is 4.99 Å². The van der Waals surface area contributed by atoms with Gasteiger partial charge in [-0.2, -0.15) is 0 Å². The monoisotopic (exact) mass is 180 g/mol.